The van der Waals surface area contributed by atoms with E-state index in [0.717, 1.165) is 0 Å². The van der Waals surface area contributed by atoms with Crippen LogP contribution in [0, 0.1) is 23.3 Å². The Balaban J connectivity index is 2.67. The number of hydrogen-bond donors (Lipinski definition) is 1. The van der Waals surface area contributed by atoms with Gasteiger partial charge in [0, 0.05) is 5.56 Å². The molecule has 2 aromatic carbocycles. The van der Waals surface area contributed by atoms with Crippen molar-refractivity contribution in [3.8, 4) is 0 Å². The van der Waals surface area contributed by atoms with Gasteiger partial charge in [-0.2, -0.15) is 0 Å². The summed E-state index contributed by atoms with van der Waals surface area (Å²) in [5.74, 6) is -8.03. The van der Waals surface area contributed by atoms with Crippen molar-refractivity contribution < 1.29 is 22.4 Å². The number of hydrogen-bond acceptors (Lipinski definition) is 2. The van der Waals surface area contributed by atoms with Gasteiger partial charge in [0.05, 0.1) is 4.90 Å². The lowest BCUT2D eigenvalue weighted by molar-refractivity contribution is 0.102. The van der Waals surface area contributed by atoms with Crippen LogP contribution in [-0.4, -0.2) is 5.78 Å². The van der Waals surface area contributed by atoms with Crippen molar-refractivity contribution in [1.82, 2.24) is 0 Å². The summed E-state index contributed by atoms with van der Waals surface area (Å²) in [6.45, 7) is 0. The number of ketones is 1. The van der Waals surface area contributed by atoms with E-state index in [0.29, 0.717) is 0 Å². The van der Waals surface area contributed by atoms with Crippen LogP contribution in [-0.2, 0) is 0 Å². The smallest absolute Gasteiger partial charge is 0.199 e. The van der Waals surface area contributed by atoms with Gasteiger partial charge in [0.2, 0.25) is 0 Å². The minimum Gasteiger partial charge on any atom is -0.288 e. The maximum absolute atomic E-state index is 13.6. The Morgan fingerprint density at radius 3 is 1.79 bits per heavy atom. The molecule has 0 radical (unpaired) electrons. The fourth-order valence-electron chi connectivity index (χ4n) is 1.55. The first-order valence-electron chi connectivity index (χ1n) is 5.09. The summed E-state index contributed by atoms with van der Waals surface area (Å²) in [6, 6.07) is 7.07. The molecule has 0 aliphatic heterocycles. The van der Waals surface area contributed by atoms with Crippen molar-refractivity contribution in [1.29, 1.82) is 0 Å². The molecule has 0 heterocycles. The molecule has 0 spiro atoms. The summed E-state index contributed by atoms with van der Waals surface area (Å²) in [6.07, 6.45) is 0. The Morgan fingerprint density at radius 2 is 1.32 bits per heavy atom. The van der Waals surface area contributed by atoms with Gasteiger partial charge in [-0.25, -0.2) is 17.6 Å². The largest absolute Gasteiger partial charge is 0.288 e. The van der Waals surface area contributed by atoms with Crippen LogP contribution in [0.2, 0.25) is 0 Å². The lowest BCUT2D eigenvalue weighted by Crippen LogP contribution is -2.12. The maximum Gasteiger partial charge on any atom is 0.199 e. The summed E-state index contributed by atoms with van der Waals surface area (Å²) in [4.78, 5) is 10.8. The lowest BCUT2D eigenvalue weighted by Gasteiger charge is -2.08. The Hall–Kier alpha value is -1.82. The molecule has 0 amide bonds. The van der Waals surface area contributed by atoms with Crippen molar-refractivity contribution >= 4 is 18.4 Å². The van der Waals surface area contributed by atoms with E-state index in [9.17, 15) is 22.4 Å². The van der Waals surface area contributed by atoms with Crippen molar-refractivity contribution in [3.05, 3.63) is 64.7 Å². The molecule has 98 valence electrons. The number of carbonyl (C=O) groups is 1. The van der Waals surface area contributed by atoms with Gasteiger partial charge in [-0.05, 0) is 0 Å². The monoisotopic (exact) mass is 286 g/mol. The minimum atomic E-state index is -1.75. The quantitative estimate of drug-likeness (QED) is 0.385. The van der Waals surface area contributed by atoms with E-state index >= 15 is 0 Å². The fraction of sp³-hybridized carbons (Fsp3) is 0. The highest BCUT2D eigenvalue weighted by Crippen LogP contribution is 2.28. The third-order valence-electron chi connectivity index (χ3n) is 2.50. The van der Waals surface area contributed by atoms with E-state index in [2.05, 4.69) is 12.6 Å². The molecule has 0 atom stereocenters. The van der Waals surface area contributed by atoms with E-state index in [1.54, 1.807) is 6.07 Å². The summed E-state index contributed by atoms with van der Waals surface area (Å²) < 4.78 is 53.8. The number of halogens is 4. The number of carbonyl (C=O) groups excluding carboxylic acids is 1. The molecular formula is C13H6F4OS. The van der Waals surface area contributed by atoms with Crippen molar-refractivity contribution in [2.75, 3.05) is 0 Å². The summed E-state index contributed by atoms with van der Waals surface area (Å²) in [5, 5.41) is 0. The first-order chi connectivity index (χ1) is 8.95. The Morgan fingerprint density at radius 1 is 0.842 bits per heavy atom. The molecular weight excluding hydrogens is 280 g/mol. The fourth-order valence-corrected chi connectivity index (χ4v) is 1.75. The van der Waals surface area contributed by atoms with Gasteiger partial charge in [0.25, 0.3) is 0 Å². The molecule has 19 heavy (non-hydrogen) atoms. The first kappa shape index (κ1) is 13.6. The number of rotatable bonds is 2. The average molecular weight is 286 g/mol. The van der Waals surface area contributed by atoms with E-state index in [-0.39, 0.29) is 5.56 Å². The molecule has 0 unspecified atom stereocenters. The van der Waals surface area contributed by atoms with Crippen molar-refractivity contribution in [2.45, 2.75) is 4.90 Å². The third-order valence-corrected chi connectivity index (χ3v) is 2.90. The predicted molar refractivity (Wildman–Crippen MR) is 63.4 cm³/mol. The Bertz CT molecular complexity index is 626. The molecule has 0 saturated carbocycles. The minimum absolute atomic E-state index is 0.0778. The van der Waals surface area contributed by atoms with Gasteiger partial charge in [0.1, 0.15) is 5.56 Å². The second-order valence-corrected chi connectivity index (χ2v) is 4.12. The zero-order valence-corrected chi connectivity index (χ0v) is 10.1. The zero-order chi connectivity index (χ0) is 14.2. The first-order valence-corrected chi connectivity index (χ1v) is 5.54. The zero-order valence-electron chi connectivity index (χ0n) is 9.25. The summed E-state index contributed by atoms with van der Waals surface area (Å²) in [5.41, 5.74) is -1.34. The standard InChI is InChI=1S/C13H6F4OS/c14-8-7(9(15)11(17)13(19)10(8)16)12(18)6-4-2-1-3-5-6/h1-5,19H. The van der Waals surface area contributed by atoms with E-state index in [1.165, 1.54) is 24.3 Å². The van der Waals surface area contributed by atoms with Gasteiger partial charge in [-0.3, -0.25) is 4.79 Å². The van der Waals surface area contributed by atoms with E-state index < -0.39 is 39.5 Å². The predicted octanol–water partition coefficient (Wildman–Crippen LogP) is 3.76. The third kappa shape index (κ3) is 2.23. The molecule has 1 nitrogen and oxygen atoms in total. The lowest BCUT2D eigenvalue weighted by atomic mass is 10.0. The van der Waals surface area contributed by atoms with Gasteiger partial charge in [-0.15, -0.1) is 12.6 Å². The molecule has 0 fully saturated rings. The van der Waals surface area contributed by atoms with Crippen molar-refractivity contribution in [3.63, 3.8) is 0 Å². The number of thiol groups is 1. The van der Waals surface area contributed by atoms with Crippen LogP contribution in [0.4, 0.5) is 17.6 Å². The van der Waals surface area contributed by atoms with Crippen LogP contribution in [0.1, 0.15) is 15.9 Å². The molecule has 0 aliphatic rings. The average Bonchev–Trinajstić information content (AvgIpc) is 2.44. The molecule has 0 bridgehead atoms. The highest BCUT2D eigenvalue weighted by atomic mass is 32.1. The second kappa shape index (κ2) is 5.05. The molecule has 0 aromatic heterocycles. The van der Waals surface area contributed by atoms with Crippen LogP contribution in [0.15, 0.2) is 35.2 Å². The van der Waals surface area contributed by atoms with Gasteiger partial charge >= 0.3 is 0 Å². The van der Waals surface area contributed by atoms with Crippen molar-refractivity contribution in [2.24, 2.45) is 0 Å². The summed E-state index contributed by atoms with van der Waals surface area (Å²) in [7, 11) is 0. The molecule has 0 N–H and O–H groups in total. The molecule has 0 aliphatic carbocycles. The van der Waals surface area contributed by atoms with Gasteiger partial charge in [0.15, 0.2) is 29.1 Å². The Kier molecular flexibility index (Phi) is 3.61. The molecule has 2 rings (SSSR count). The van der Waals surface area contributed by atoms with Crippen LogP contribution in [0.3, 0.4) is 0 Å². The second-order valence-electron chi connectivity index (χ2n) is 3.67. The highest BCUT2D eigenvalue weighted by molar-refractivity contribution is 7.80. The van der Waals surface area contributed by atoms with Crippen LogP contribution < -0.4 is 0 Å². The SMILES string of the molecule is O=C(c1ccccc1)c1c(F)c(F)c(S)c(F)c1F. The molecule has 2 aromatic rings. The Labute approximate surface area is 111 Å². The van der Waals surface area contributed by atoms with Crippen LogP contribution in [0.25, 0.3) is 0 Å². The van der Waals surface area contributed by atoms with Gasteiger partial charge in [-0.1, -0.05) is 30.3 Å². The van der Waals surface area contributed by atoms with Gasteiger partial charge < -0.3 is 0 Å². The van der Waals surface area contributed by atoms with E-state index in [4.69, 9.17) is 0 Å². The van der Waals surface area contributed by atoms with E-state index in [1.807, 2.05) is 0 Å². The highest BCUT2D eigenvalue weighted by Gasteiger charge is 2.28. The maximum atomic E-state index is 13.6. The summed E-state index contributed by atoms with van der Waals surface area (Å²) >= 11 is 3.31. The van der Waals surface area contributed by atoms with Crippen LogP contribution in [0.5, 0.6) is 0 Å². The topological polar surface area (TPSA) is 17.1 Å². The molecule has 0 saturated heterocycles. The molecule has 6 heteroatoms. The number of benzene rings is 2. The normalized spacial score (nSPS) is 10.6. The van der Waals surface area contributed by atoms with Crippen LogP contribution >= 0.6 is 12.6 Å².